The van der Waals surface area contributed by atoms with Gasteiger partial charge in [-0.1, -0.05) is 121 Å². The summed E-state index contributed by atoms with van der Waals surface area (Å²) in [7, 11) is -6.07. The molecule has 4 aromatic rings. The molecule has 0 aliphatic carbocycles. The van der Waals surface area contributed by atoms with E-state index in [-0.39, 0.29) is 5.34 Å². The highest BCUT2D eigenvalue weighted by Crippen LogP contribution is 2.65. The van der Waals surface area contributed by atoms with Crippen molar-refractivity contribution in [1.82, 2.24) is 0 Å². The number of carbonyl (C=O) groups excluding carboxylic acids is 2. The molecular weight excluding hydrogens is 769 g/mol. The number of alkyl halides is 2. The van der Waals surface area contributed by atoms with E-state index in [2.05, 4.69) is 9.47 Å². The van der Waals surface area contributed by atoms with Crippen LogP contribution in [-0.2, 0) is 46.3 Å². The monoisotopic (exact) mass is 808 g/mol. The van der Waals surface area contributed by atoms with Gasteiger partial charge in [0.05, 0.1) is 44.0 Å². The van der Waals surface area contributed by atoms with Gasteiger partial charge >= 0.3 is 27.1 Å². The van der Waals surface area contributed by atoms with E-state index in [9.17, 15) is 28.9 Å². The zero-order valence-corrected chi connectivity index (χ0v) is 32.1. The van der Waals surface area contributed by atoms with E-state index in [1.54, 1.807) is 0 Å². The van der Waals surface area contributed by atoms with Gasteiger partial charge < -0.3 is 19.7 Å². The Morgan fingerprint density at radius 3 is 0.962 bits per heavy atom. The fourth-order valence-corrected chi connectivity index (χ4v) is 9.02. The third-order valence-corrected chi connectivity index (χ3v) is 11.9. The molecule has 0 unspecified atom stereocenters. The maximum Gasteiger partial charge on any atom is 0.371 e. The van der Waals surface area contributed by atoms with Crippen molar-refractivity contribution in [3.8, 4) is 0 Å². The number of hydrogen-bond acceptors (Lipinski definition) is 12. The van der Waals surface area contributed by atoms with Crippen molar-refractivity contribution in [1.29, 1.82) is 0 Å². The molecule has 6 atom stereocenters. The van der Waals surface area contributed by atoms with Crippen molar-refractivity contribution < 1.29 is 56.5 Å². The Morgan fingerprint density at radius 2 is 0.774 bits per heavy atom. The highest BCUT2D eigenvalue weighted by atomic mass is 35.5. The number of methoxy groups -OCH3 is 2. The summed E-state index contributed by atoms with van der Waals surface area (Å²) in [5.41, 5.74) is 3.18. The van der Waals surface area contributed by atoms with E-state index in [0.717, 1.165) is 36.5 Å². The summed E-state index contributed by atoms with van der Waals surface area (Å²) in [5, 5.41) is 20.5. The number of rotatable bonds is 8. The van der Waals surface area contributed by atoms with E-state index in [4.69, 9.17) is 41.3 Å². The first kappa shape index (κ1) is 42.4. The molecule has 2 aliphatic heterocycles. The van der Waals surface area contributed by atoms with Crippen LogP contribution in [0.5, 0.6) is 0 Å². The van der Waals surface area contributed by atoms with Gasteiger partial charge in [0.2, 0.25) is 0 Å². The minimum Gasteiger partial charge on any atom is -0.467 e. The van der Waals surface area contributed by atoms with Crippen LogP contribution in [0.3, 0.4) is 0 Å². The zero-order valence-electron chi connectivity index (χ0n) is 28.8. The number of halogens is 2. The first-order valence-electron chi connectivity index (χ1n) is 16.2. The molecule has 0 bridgehead atoms. The summed E-state index contributed by atoms with van der Waals surface area (Å²) in [4.78, 5) is 23.4. The van der Waals surface area contributed by atoms with E-state index >= 15 is 0 Å². The fraction of sp³-hybridized carbons (Fsp3) is 0.297. The Hall–Kier alpha value is -3.38. The van der Waals surface area contributed by atoms with Gasteiger partial charge in [-0.3, -0.25) is 27.2 Å². The van der Waals surface area contributed by atoms with Crippen molar-refractivity contribution in [2.75, 3.05) is 19.6 Å². The minimum absolute atomic E-state index is 0.194. The van der Waals surface area contributed by atoms with Crippen molar-refractivity contribution in [3.05, 3.63) is 144 Å². The smallest absolute Gasteiger partial charge is 0.371 e. The second kappa shape index (κ2) is 20.3. The number of ether oxygens (including phenoxy) is 2. The van der Waals surface area contributed by atoms with Crippen LogP contribution in [0.15, 0.2) is 121 Å². The van der Waals surface area contributed by atoms with Crippen molar-refractivity contribution in [2.24, 2.45) is 0 Å². The van der Waals surface area contributed by atoms with Crippen LogP contribution in [-0.4, -0.2) is 53.4 Å². The summed E-state index contributed by atoms with van der Waals surface area (Å²) < 4.78 is 57.5. The second-order valence-corrected chi connectivity index (χ2v) is 16.3. The second-order valence-electron chi connectivity index (χ2n) is 11.5. The summed E-state index contributed by atoms with van der Waals surface area (Å²) in [6.45, 7) is 0. The van der Waals surface area contributed by atoms with Gasteiger partial charge in [0.25, 0.3) is 11.7 Å². The van der Waals surface area contributed by atoms with Gasteiger partial charge in [0.15, 0.2) is 0 Å². The Kier molecular flexibility index (Phi) is 16.3. The molecule has 2 fully saturated rings. The molecule has 53 heavy (non-hydrogen) atoms. The number of aliphatic hydroxyl groups is 2. The van der Waals surface area contributed by atoms with Gasteiger partial charge in [-0.15, -0.1) is 23.2 Å². The third-order valence-electron chi connectivity index (χ3n) is 8.06. The van der Waals surface area contributed by atoms with Gasteiger partial charge in [-0.05, 0) is 22.3 Å². The van der Waals surface area contributed by atoms with Crippen molar-refractivity contribution in [3.63, 3.8) is 0 Å². The van der Waals surface area contributed by atoms with Crippen LogP contribution >= 0.6 is 38.4 Å². The van der Waals surface area contributed by atoms with E-state index in [1.807, 2.05) is 121 Å². The SMILES string of the molecule is COC(=O)[C@H](O)P1(=O)O[C@@H](c2ccccc2)C[C@H](c2ccccc2)O1.COC(=O)[C@H](O)P1(=O)O[C@@H](c2ccccc2)C[C@H](c2ccccc2)O1.ClCCl. The molecule has 4 aromatic carbocycles. The van der Waals surface area contributed by atoms with Crippen LogP contribution in [0.4, 0.5) is 0 Å². The number of esters is 2. The van der Waals surface area contributed by atoms with Gasteiger partial charge in [-0.25, -0.2) is 9.59 Å². The largest absolute Gasteiger partial charge is 0.467 e. The molecule has 0 saturated carbocycles. The lowest BCUT2D eigenvalue weighted by atomic mass is 9.99. The number of aliphatic hydroxyl groups excluding tert-OH is 2. The van der Waals surface area contributed by atoms with Gasteiger partial charge in [0.1, 0.15) is 0 Å². The quantitative estimate of drug-likeness (QED) is 0.0991. The molecule has 2 N–H and O–H groups in total. The first-order valence-corrected chi connectivity index (χ1v) is 20.5. The normalized spacial score (nSPS) is 26.2. The summed E-state index contributed by atoms with van der Waals surface area (Å²) in [6.07, 6.45) is -1.50. The summed E-state index contributed by atoms with van der Waals surface area (Å²) >= 11 is 9.53. The fourth-order valence-electron chi connectivity index (χ4n) is 5.48. The number of benzene rings is 4. The molecule has 0 amide bonds. The zero-order chi connectivity index (χ0) is 38.4. The standard InChI is InChI=1S/2C18H19O6P.CH2Cl2/c2*1-22-17(19)18(20)25(21)23-15(13-8-4-2-5-9-13)12-16(24-25)14-10-6-3-7-11-14;2-1-3/h2*2-11,15-16,18,20H,12H2,1H3;1H2/t2*15-,16-,18-;/m11./s1. The van der Waals surface area contributed by atoms with E-state index in [0.29, 0.717) is 12.8 Å². The van der Waals surface area contributed by atoms with Crippen LogP contribution in [0.2, 0.25) is 0 Å². The number of hydrogen-bond donors (Lipinski definition) is 2. The Morgan fingerprint density at radius 1 is 0.566 bits per heavy atom. The minimum atomic E-state index is -4.14. The molecule has 2 aliphatic rings. The lowest BCUT2D eigenvalue weighted by Gasteiger charge is -2.36. The van der Waals surface area contributed by atoms with Crippen molar-refractivity contribution >= 4 is 50.3 Å². The molecule has 2 saturated heterocycles. The average molecular weight is 810 g/mol. The maximum atomic E-state index is 13.1. The van der Waals surface area contributed by atoms with Crippen LogP contribution in [0, 0.1) is 0 Å². The van der Waals surface area contributed by atoms with E-state index < -0.39 is 63.2 Å². The maximum absolute atomic E-state index is 13.1. The highest BCUT2D eigenvalue weighted by molar-refractivity contribution is 7.55. The topological polar surface area (TPSA) is 164 Å². The van der Waals surface area contributed by atoms with Gasteiger partial charge in [-0.2, -0.15) is 0 Å². The Bertz CT molecular complexity index is 1590. The predicted octanol–water partition coefficient (Wildman–Crippen LogP) is 8.60. The third kappa shape index (κ3) is 11.3. The lowest BCUT2D eigenvalue weighted by molar-refractivity contribution is -0.148. The summed E-state index contributed by atoms with van der Waals surface area (Å²) in [5.74, 6) is -6.09. The molecule has 0 spiro atoms. The average Bonchev–Trinajstić information content (AvgIpc) is 3.21. The molecule has 16 heteroatoms. The van der Waals surface area contributed by atoms with Gasteiger partial charge in [0, 0.05) is 12.8 Å². The molecule has 2 heterocycles. The molecule has 12 nitrogen and oxygen atoms in total. The van der Waals surface area contributed by atoms with Crippen LogP contribution in [0.1, 0.15) is 59.5 Å². The van der Waals surface area contributed by atoms with Crippen LogP contribution in [0.25, 0.3) is 0 Å². The molecule has 0 aromatic heterocycles. The lowest BCUT2D eigenvalue weighted by Crippen LogP contribution is -2.29. The molecule has 6 rings (SSSR count). The number of carbonyl (C=O) groups is 2. The van der Waals surface area contributed by atoms with E-state index in [1.165, 1.54) is 0 Å². The molecule has 284 valence electrons. The van der Waals surface area contributed by atoms with Crippen molar-refractivity contribution in [2.45, 2.75) is 48.9 Å². The highest BCUT2D eigenvalue weighted by Gasteiger charge is 2.50. The molecular formula is C37H40Cl2O12P2. The van der Waals surface area contributed by atoms with Crippen LogP contribution < -0.4 is 0 Å². The molecule has 0 radical (unpaired) electrons. The Balaban J connectivity index is 0.000000220. The summed E-state index contributed by atoms with van der Waals surface area (Å²) in [6, 6.07) is 36.9. The Labute approximate surface area is 317 Å². The predicted molar refractivity (Wildman–Crippen MR) is 198 cm³/mol. The first-order chi connectivity index (χ1) is 25.5.